The summed E-state index contributed by atoms with van der Waals surface area (Å²) in [5.41, 5.74) is 0. The van der Waals surface area contributed by atoms with Crippen LogP contribution < -0.4 is 5.32 Å². The van der Waals surface area contributed by atoms with Crippen LogP contribution in [0.5, 0.6) is 0 Å². The predicted octanol–water partition coefficient (Wildman–Crippen LogP) is 3.65. The minimum atomic E-state index is -0.975. The molecule has 0 aliphatic heterocycles. The van der Waals surface area contributed by atoms with Crippen molar-refractivity contribution in [1.29, 1.82) is 0 Å². The van der Waals surface area contributed by atoms with Gasteiger partial charge in [0.1, 0.15) is 15.3 Å². The molecule has 122 valence electrons. The first-order chi connectivity index (χ1) is 10.3. The highest BCUT2D eigenvalue weighted by Gasteiger charge is 2.26. The van der Waals surface area contributed by atoms with E-state index in [0.29, 0.717) is 0 Å². The zero-order chi connectivity index (χ0) is 16.9. The summed E-state index contributed by atoms with van der Waals surface area (Å²) in [6.07, 6.45) is 0. The standard InChI is InChI=1S/C12H12Cl3NO4S2/c1-3-20-12(19)6(4-21-5(2)17)16-11(18)9-7(13)8(14)10(15)22-9/h6H,3-4H2,1-2H3,(H,16,18). The highest BCUT2D eigenvalue weighted by atomic mass is 35.5. The van der Waals surface area contributed by atoms with Gasteiger partial charge in [-0.2, -0.15) is 0 Å². The molecule has 0 fully saturated rings. The number of amides is 1. The second kappa shape index (κ2) is 8.98. The molecule has 1 unspecified atom stereocenters. The summed E-state index contributed by atoms with van der Waals surface area (Å²) in [4.78, 5) is 35.2. The van der Waals surface area contributed by atoms with Crippen molar-refractivity contribution >= 4 is 74.9 Å². The molecule has 1 N–H and O–H groups in total. The maximum absolute atomic E-state index is 12.2. The van der Waals surface area contributed by atoms with E-state index in [1.54, 1.807) is 6.92 Å². The van der Waals surface area contributed by atoms with E-state index in [4.69, 9.17) is 39.5 Å². The number of hydrogen-bond donors (Lipinski definition) is 1. The van der Waals surface area contributed by atoms with E-state index in [0.717, 1.165) is 23.1 Å². The summed E-state index contributed by atoms with van der Waals surface area (Å²) in [6.45, 7) is 3.17. The average Bonchev–Trinajstić information content (AvgIpc) is 2.71. The van der Waals surface area contributed by atoms with E-state index in [1.807, 2.05) is 0 Å². The number of hydrogen-bond acceptors (Lipinski definition) is 6. The number of carbonyl (C=O) groups excluding carboxylic acids is 3. The van der Waals surface area contributed by atoms with Crippen LogP contribution in [0.3, 0.4) is 0 Å². The minimum absolute atomic E-state index is 0.0241. The highest BCUT2D eigenvalue weighted by Crippen LogP contribution is 2.40. The van der Waals surface area contributed by atoms with Gasteiger partial charge in [-0.3, -0.25) is 9.59 Å². The topological polar surface area (TPSA) is 72.5 Å². The Kier molecular flexibility index (Phi) is 7.99. The molecule has 1 rings (SSSR count). The van der Waals surface area contributed by atoms with Crippen LogP contribution in [0.1, 0.15) is 23.5 Å². The van der Waals surface area contributed by atoms with Crippen LogP contribution in [-0.2, 0) is 14.3 Å². The molecule has 1 atom stereocenters. The maximum Gasteiger partial charge on any atom is 0.329 e. The SMILES string of the molecule is CCOC(=O)C(CSC(C)=O)NC(=O)c1sc(Cl)c(Cl)c1Cl. The molecule has 0 spiro atoms. The second-order valence-corrected chi connectivity index (χ2v) is 7.49. The lowest BCUT2D eigenvalue weighted by atomic mass is 10.3. The van der Waals surface area contributed by atoms with Crippen molar-refractivity contribution in [2.24, 2.45) is 0 Å². The molecule has 5 nitrogen and oxygen atoms in total. The van der Waals surface area contributed by atoms with E-state index in [-0.39, 0.29) is 36.7 Å². The van der Waals surface area contributed by atoms with Gasteiger partial charge in [-0.05, 0) is 6.92 Å². The fraction of sp³-hybridized carbons (Fsp3) is 0.417. The van der Waals surface area contributed by atoms with Crippen LogP contribution in [0.15, 0.2) is 0 Å². The van der Waals surface area contributed by atoms with Crippen molar-refractivity contribution < 1.29 is 19.1 Å². The fourth-order valence-electron chi connectivity index (χ4n) is 1.35. The number of ether oxygens (including phenoxy) is 1. The summed E-state index contributed by atoms with van der Waals surface area (Å²) >= 11 is 19.4. The van der Waals surface area contributed by atoms with Crippen molar-refractivity contribution in [2.45, 2.75) is 19.9 Å². The van der Waals surface area contributed by atoms with Gasteiger partial charge in [0.2, 0.25) is 0 Å². The number of thioether (sulfide) groups is 1. The Morgan fingerprint density at radius 1 is 1.27 bits per heavy atom. The minimum Gasteiger partial charge on any atom is -0.464 e. The molecule has 1 amide bonds. The number of esters is 1. The second-order valence-electron chi connectivity index (χ2n) is 3.91. The number of halogens is 3. The van der Waals surface area contributed by atoms with Crippen LogP contribution in [-0.4, -0.2) is 35.4 Å². The van der Waals surface area contributed by atoms with Gasteiger partial charge in [-0.15, -0.1) is 11.3 Å². The van der Waals surface area contributed by atoms with Crippen LogP contribution >= 0.6 is 57.9 Å². The fourth-order valence-corrected chi connectivity index (χ4v) is 3.67. The van der Waals surface area contributed by atoms with Crippen molar-refractivity contribution in [3.63, 3.8) is 0 Å². The zero-order valence-electron chi connectivity index (χ0n) is 11.6. The molecule has 1 heterocycles. The molecule has 0 aromatic carbocycles. The summed E-state index contributed by atoms with van der Waals surface area (Å²) in [5, 5.41) is 2.41. The van der Waals surface area contributed by atoms with Crippen molar-refractivity contribution in [2.75, 3.05) is 12.4 Å². The highest BCUT2D eigenvalue weighted by molar-refractivity contribution is 8.13. The van der Waals surface area contributed by atoms with Crippen LogP contribution in [0.25, 0.3) is 0 Å². The zero-order valence-corrected chi connectivity index (χ0v) is 15.5. The quantitative estimate of drug-likeness (QED) is 0.733. The smallest absolute Gasteiger partial charge is 0.329 e. The molecule has 22 heavy (non-hydrogen) atoms. The lowest BCUT2D eigenvalue weighted by Gasteiger charge is -2.16. The molecular formula is C12H12Cl3NO4S2. The van der Waals surface area contributed by atoms with E-state index in [9.17, 15) is 14.4 Å². The third-order valence-electron chi connectivity index (χ3n) is 2.29. The first-order valence-corrected chi connectivity index (χ1v) is 8.95. The number of thiophene rings is 1. The monoisotopic (exact) mass is 403 g/mol. The molecule has 0 saturated carbocycles. The first kappa shape index (κ1) is 19.6. The molecule has 1 aromatic rings. The van der Waals surface area contributed by atoms with Gasteiger partial charge in [0.25, 0.3) is 5.91 Å². The summed E-state index contributed by atoms with van der Waals surface area (Å²) in [7, 11) is 0. The number of carbonyl (C=O) groups is 3. The molecule has 1 aromatic heterocycles. The Morgan fingerprint density at radius 2 is 1.91 bits per heavy atom. The van der Waals surface area contributed by atoms with Crippen molar-refractivity contribution in [1.82, 2.24) is 5.32 Å². The predicted molar refractivity (Wildman–Crippen MR) is 90.4 cm³/mol. The Morgan fingerprint density at radius 3 is 2.36 bits per heavy atom. The van der Waals surface area contributed by atoms with Gasteiger partial charge in [0, 0.05) is 12.7 Å². The van der Waals surface area contributed by atoms with Gasteiger partial charge >= 0.3 is 5.97 Å². The Balaban J connectivity index is 2.87. The average molecular weight is 405 g/mol. The molecule has 0 bridgehead atoms. The molecule has 0 radical (unpaired) electrons. The Labute approximate surface area is 150 Å². The van der Waals surface area contributed by atoms with Gasteiger partial charge in [0.15, 0.2) is 5.12 Å². The van der Waals surface area contributed by atoms with Gasteiger partial charge < -0.3 is 10.1 Å². The Hall–Kier alpha value is -0.470. The molecule has 0 saturated heterocycles. The number of nitrogens with one attached hydrogen (secondary N) is 1. The molecule has 0 aliphatic rings. The summed E-state index contributed by atoms with van der Waals surface area (Å²) < 4.78 is 5.06. The van der Waals surface area contributed by atoms with Crippen molar-refractivity contribution in [3.05, 3.63) is 19.3 Å². The maximum atomic E-state index is 12.2. The molecule has 0 aliphatic carbocycles. The van der Waals surface area contributed by atoms with Crippen molar-refractivity contribution in [3.8, 4) is 0 Å². The van der Waals surface area contributed by atoms with Gasteiger partial charge in [-0.25, -0.2) is 4.79 Å². The third kappa shape index (κ3) is 5.31. The first-order valence-electron chi connectivity index (χ1n) is 6.02. The van der Waals surface area contributed by atoms with Gasteiger partial charge in [0.05, 0.1) is 16.7 Å². The molecular weight excluding hydrogens is 393 g/mol. The Bertz CT molecular complexity index is 591. The normalized spacial score (nSPS) is 11.9. The largest absolute Gasteiger partial charge is 0.464 e. The van der Waals surface area contributed by atoms with E-state index >= 15 is 0 Å². The molecule has 10 heteroatoms. The summed E-state index contributed by atoms with van der Waals surface area (Å²) in [6, 6.07) is -0.975. The van der Waals surface area contributed by atoms with E-state index in [2.05, 4.69) is 5.32 Å². The van der Waals surface area contributed by atoms with Crippen LogP contribution in [0.4, 0.5) is 0 Å². The van der Waals surface area contributed by atoms with Crippen LogP contribution in [0, 0.1) is 0 Å². The van der Waals surface area contributed by atoms with E-state index in [1.165, 1.54) is 6.92 Å². The third-order valence-corrected chi connectivity index (χ3v) is 5.77. The lowest BCUT2D eigenvalue weighted by molar-refractivity contribution is -0.144. The lowest BCUT2D eigenvalue weighted by Crippen LogP contribution is -2.43. The van der Waals surface area contributed by atoms with Gasteiger partial charge in [-0.1, -0.05) is 46.6 Å². The van der Waals surface area contributed by atoms with E-state index < -0.39 is 17.9 Å². The summed E-state index contributed by atoms with van der Waals surface area (Å²) in [5.74, 6) is -1.18. The van der Waals surface area contributed by atoms with Crippen LogP contribution in [0.2, 0.25) is 14.4 Å². The number of rotatable bonds is 6.